The zero-order valence-corrected chi connectivity index (χ0v) is 9.79. The number of hydrogen-bond acceptors (Lipinski definition) is 4. The number of nitrogens with zero attached hydrogens (tertiary/aromatic N) is 1. The van der Waals surface area contributed by atoms with E-state index in [0.717, 1.165) is 11.4 Å². The fourth-order valence-electron chi connectivity index (χ4n) is 1.59. The molecular formula is C13H12N2O3. The van der Waals surface area contributed by atoms with Crippen molar-refractivity contribution in [1.29, 1.82) is 0 Å². The molecule has 2 aromatic carbocycles. The molecule has 0 bridgehead atoms. The molecule has 92 valence electrons. The van der Waals surface area contributed by atoms with E-state index in [9.17, 15) is 10.1 Å². The van der Waals surface area contributed by atoms with Crippen LogP contribution < -0.4 is 10.1 Å². The van der Waals surface area contributed by atoms with Gasteiger partial charge in [0.05, 0.1) is 12.0 Å². The number of nitro groups is 1. The van der Waals surface area contributed by atoms with Gasteiger partial charge in [-0.3, -0.25) is 10.1 Å². The van der Waals surface area contributed by atoms with Gasteiger partial charge in [0.1, 0.15) is 0 Å². The highest BCUT2D eigenvalue weighted by atomic mass is 16.6. The molecule has 0 radical (unpaired) electrons. The van der Waals surface area contributed by atoms with E-state index in [4.69, 9.17) is 4.74 Å². The second-order valence-corrected chi connectivity index (χ2v) is 3.63. The molecule has 5 heteroatoms. The third kappa shape index (κ3) is 2.57. The first kappa shape index (κ1) is 11.9. The van der Waals surface area contributed by atoms with Gasteiger partial charge in [-0.25, -0.2) is 0 Å². The van der Waals surface area contributed by atoms with Crippen LogP contribution in [0.2, 0.25) is 0 Å². The van der Waals surface area contributed by atoms with Gasteiger partial charge in [-0.1, -0.05) is 18.2 Å². The second kappa shape index (κ2) is 5.18. The van der Waals surface area contributed by atoms with Crippen LogP contribution in [0.5, 0.6) is 5.75 Å². The molecule has 0 amide bonds. The quantitative estimate of drug-likeness (QED) is 0.661. The first-order valence-corrected chi connectivity index (χ1v) is 5.35. The number of nitro benzene ring substituents is 1. The van der Waals surface area contributed by atoms with E-state index in [0.29, 0.717) is 0 Å². The van der Waals surface area contributed by atoms with E-state index in [1.54, 1.807) is 12.1 Å². The summed E-state index contributed by atoms with van der Waals surface area (Å²) in [5.74, 6) is 0.237. The number of ether oxygens (including phenoxy) is 1. The van der Waals surface area contributed by atoms with Crippen LogP contribution in [-0.2, 0) is 0 Å². The van der Waals surface area contributed by atoms with Crippen LogP contribution >= 0.6 is 0 Å². The molecule has 0 heterocycles. The molecule has 0 atom stereocenters. The van der Waals surface area contributed by atoms with Crippen molar-refractivity contribution in [2.75, 3.05) is 12.4 Å². The molecule has 0 aromatic heterocycles. The van der Waals surface area contributed by atoms with Crippen molar-refractivity contribution >= 4 is 17.1 Å². The lowest BCUT2D eigenvalue weighted by atomic mass is 10.2. The number of rotatable bonds is 4. The van der Waals surface area contributed by atoms with Crippen molar-refractivity contribution < 1.29 is 9.66 Å². The molecule has 2 aromatic rings. The summed E-state index contributed by atoms with van der Waals surface area (Å²) in [4.78, 5) is 10.3. The molecule has 0 aliphatic carbocycles. The van der Waals surface area contributed by atoms with Gasteiger partial charge in [0, 0.05) is 23.5 Å². The highest BCUT2D eigenvalue weighted by Gasteiger charge is 2.14. The second-order valence-electron chi connectivity index (χ2n) is 3.63. The van der Waals surface area contributed by atoms with Crippen LogP contribution in [0.3, 0.4) is 0 Å². The lowest BCUT2D eigenvalue weighted by molar-refractivity contribution is -0.385. The van der Waals surface area contributed by atoms with Crippen LogP contribution in [0.4, 0.5) is 17.1 Å². The molecule has 0 saturated carbocycles. The van der Waals surface area contributed by atoms with E-state index in [2.05, 4.69) is 5.32 Å². The Morgan fingerprint density at radius 2 is 1.83 bits per heavy atom. The topological polar surface area (TPSA) is 64.4 Å². The molecule has 0 unspecified atom stereocenters. The Labute approximate surface area is 104 Å². The highest BCUT2D eigenvalue weighted by Crippen LogP contribution is 2.30. The molecule has 0 aliphatic rings. The van der Waals surface area contributed by atoms with Crippen molar-refractivity contribution in [1.82, 2.24) is 0 Å². The molecular weight excluding hydrogens is 232 g/mol. The summed E-state index contributed by atoms with van der Waals surface area (Å²) >= 11 is 0. The molecule has 1 N–H and O–H groups in total. The largest absolute Gasteiger partial charge is 0.490 e. The fourth-order valence-corrected chi connectivity index (χ4v) is 1.59. The zero-order chi connectivity index (χ0) is 13.0. The Bertz CT molecular complexity index is 555. The highest BCUT2D eigenvalue weighted by molar-refractivity contribution is 5.64. The van der Waals surface area contributed by atoms with E-state index in [1.807, 2.05) is 30.3 Å². The lowest BCUT2D eigenvalue weighted by Crippen LogP contribution is -1.96. The molecule has 5 nitrogen and oxygen atoms in total. The molecule has 0 aliphatic heterocycles. The van der Waals surface area contributed by atoms with Gasteiger partial charge in [0.2, 0.25) is 0 Å². The predicted molar refractivity (Wildman–Crippen MR) is 69.4 cm³/mol. The van der Waals surface area contributed by atoms with E-state index in [1.165, 1.54) is 13.2 Å². The van der Waals surface area contributed by atoms with Gasteiger partial charge >= 0.3 is 5.69 Å². The van der Waals surface area contributed by atoms with Crippen molar-refractivity contribution in [3.05, 3.63) is 58.6 Å². The summed E-state index contributed by atoms with van der Waals surface area (Å²) in [6.45, 7) is 0. The number of nitrogens with one attached hydrogen (secondary N) is 1. The van der Waals surface area contributed by atoms with Gasteiger partial charge in [0.15, 0.2) is 5.75 Å². The van der Waals surface area contributed by atoms with E-state index >= 15 is 0 Å². The number of anilines is 2. The average Bonchev–Trinajstić information content (AvgIpc) is 2.39. The predicted octanol–water partition coefficient (Wildman–Crippen LogP) is 3.35. The fraction of sp³-hybridized carbons (Fsp3) is 0.0769. The van der Waals surface area contributed by atoms with Crippen molar-refractivity contribution in [2.24, 2.45) is 0 Å². The summed E-state index contributed by atoms with van der Waals surface area (Å²) in [5.41, 5.74) is 1.60. The number of hydrogen-bond donors (Lipinski definition) is 1. The molecule has 0 spiro atoms. The molecule has 0 fully saturated rings. The Balaban J connectivity index is 2.28. The normalized spacial score (nSPS) is 9.83. The Kier molecular flexibility index (Phi) is 3.43. The Hall–Kier alpha value is -2.56. The van der Waals surface area contributed by atoms with Crippen molar-refractivity contribution in [3.8, 4) is 5.75 Å². The van der Waals surface area contributed by atoms with Gasteiger partial charge in [-0.15, -0.1) is 0 Å². The lowest BCUT2D eigenvalue weighted by Gasteiger charge is -2.08. The summed E-state index contributed by atoms with van der Waals surface area (Å²) in [6.07, 6.45) is 0. The molecule has 18 heavy (non-hydrogen) atoms. The minimum absolute atomic E-state index is 0.0453. The first-order valence-electron chi connectivity index (χ1n) is 5.35. The molecule has 0 saturated heterocycles. The minimum Gasteiger partial charge on any atom is -0.490 e. The maximum absolute atomic E-state index is 10.8. The van der Waals surface area contributed by atoms with Gasteiger partial charge in [0.25, 0.3) is 0 Å². The summed E-state index contributed by atoms with van der Waals surface area (Å²) < 4.78 is 5.00. The SMILES string of the molecule is COc1cc(Nc2ccccc2)ccc1[N+](=O)[O-]. The third-order valence-electron chi connectivity index (χ3n) is 2.44. The minimum atomic E-state index is -0.467. The third-order valence-corrected chi connectivity index (χ3v) is 2.44. The van der Waals surface area contributed by atoms with Crippen LogP contribution in [-0.4, -0.2) is 12.0 Å². The van der Waals surface area contributed by atoms with Crippen LogP contribution in [0.15, 0.2) is 48.5 Å². The summed E-state index contributed by atoms with van der Waals surface area (Å²) in [7, 11) is 1.41. The van der Waals surface area contributed by atoms with Crippen LogP contribution in [0.1, 0.15) is 0 Å². The smallest absolute Gasteiger partial charge is 0.311 e. The molecule has 2 rings (SSSR count). The van der Waals surface area contributed by atoms with Crippen molar-refractivity contribution in [2.45, 2.75) is 0 Å². The average molecular weight is 244 g/mol. The maximum atomic E-state index is 10.8. The Morgan fingerprint density at radius 3 is 2.44 bits per heavy atom. The zero-order valence-electron chi connectivity index (χ0n) is 9.79. The van der Waals surface area contributed by atoms with Gasteiger partial charge in [-0.05, 0) is 18.2 Å². The van der Waals surface area contributed by atoms with Crippen LogP contribution in [0.25, 0.3) is 0 Å². The summed E-state index contributed by atoms with van der Waals surface area (Å²) in [6, 6.07) is 14.2. The monoisotopic (exact) mass is 244 g/mol. The first-order chi connectivity index (χ1) is 8.70. The maximum Gasteiger partial charge on any atom is 0.311 e. The van der Waals surface area contributed by atoms with Crippen LogP contribution in [0, 0.1) is 10.1 Å². The van der Waals surface area contributed by atoms with Crippen molar-refractivity contribution in [3.63, 3.8) is 0 Å². The van der Waals surface area contributed by atoms with E-state index < -0.39 is 4.92 Å². The Morgan fingerprint density at radius 1 is 1.11 bits per heavy atom. The summed E-state index contributed by atoms with van der Waals surface area (Å²) in [5, 5.41) is 13.9. The standard InChI is InChI=1S/C13H12N2O3/c1-18-13-9-11(7-8-12(13)15(16)17)14-10-5-3-2-4-6-10/h2-9,14H,1H3. The number of methoxy groups -OCH3 is 1. The number of benzene rings is 2. The van der Waals surface area contributed by atoms with Gasteiger partial charge < -0.3 is 10.1 Å². The van der Waals surface area contributed by atoms with E-state index in [-0.39, 0.29) is 11.4 Å². The number of para-hydroxylation sites is 1. The van der Waals surface area contributed by atoms with Gasteiger partial charge in [-0.2, -0.15) is 0 Å².